The number of benzene rings is 1. The Morgan fingerprint density at radius 3 is 2.92 bits per heavy atom. The molecule has 128 valence electrons. The molecule has 1 aromatic carbocycles. The van der Waals surface area contributed by atoms with Crippen molar-refractivity contribution in [1.29, 1.82) is 0 Å². The van der Waals surface area contributed by atoms with Crippen molar-refractivity contribution < 1.29 is 9.15 Å². The van der Waals surface area contributed by atoms with Crippen LogP contribution in [0.15, 0.2) is 53.3 Å². The molecule has 9 heteroatoms. The van der Waals surface area contributed by atoms with Crippen molar-refractivity contribution in [3.8, 4) is 17.3 Å². The Hall–Kier alpha value is -3.39. The summed E-state index contributed by atoms with van der Waals surface area (Å²) >= 11 is 5.86. The Bertz CT molecular complexity index is 1210. The number of nitrogens with one attached hydrogen (secondary N) is 1. The zero-order chi connectivity index (χ0) is 17.5. The van der Waals surface area contributed by atoms with Crippen molar-refractivity contribution in [2.45, 2.75) is 6.61 Å². The van der Waals surface area contributed by atoms with Gasteiger partial charge < -0.3 is 9.15 Å². The second-order valence-corrected chi connectivity index (χ2v) is 6.03. The first kappa shape index (κ1) is 14.9. The van der Waals surface area contributed by atoms with Gasteiger partial charge in [0.15, 0.2) is 17.1 Å². The van der Waals surface area contributed by atoms with Gasteiger partial charge in [0.1, 0.15) is 24.4 Å². The van der Waals surface area contributed by atoms with E-state index in [-0.39, 0.29) is 0 Å². The van der Waals surface area contributed by atoms with Crippen molar-refractivity contribution in [3.63, 3.8) is 0 Å². The van der Waals surface area contributed by atoms with Crippen LogP contribution in [-0.4, -0.2) is 29.8 Å². The number of hydrogen-bond donors (Lipinski definition) is 1. The Kier molecular flexibility index (Phi) is 3.36. The molecule has 0 aliphatic heterocycles. The summed E-state index contributed by atoms with van der Waals surface area (Å²) < 4.78 is 13.1. The van der Waals surface area contributed by atoms with Crippen LogP contribution in [0.3, 0.4) is 0 Å². The zero-order valence-corrected chi connectivity index (χ0v) is 14.0. The van der Waals surface area contributed by atoms with Gasteiger partial charge in [-0.3, -0.25) is 5.10 Å². The predicted octanol–water partition coefficient (Wildman–Crippen LogP) is 3.49. The van der Waals surface area contributed by atoms with Crippen LogP contribution in [0.1, 0.15) is 5.76 Å². The lowest BCUT2D eigenvalue weighted by Crippen LogP contribution is -1.93. The lowest BCUT2D eigenvalue weighted by molar-refractivity contribution is 0.272. The molecule has 0 aliphatic rings. The second-order valence-electron chi connectivity index (χ2n) is 5.59. The standard InChI is InChI=1S/C17H11ClN6O2/c18-10-1-3-11(4-2-10)25-8-12-5-6-14(26-12)16-21-17-13-7-20-22-15(13)19-9-24(17)23-16/h1-7,9H,8H2,(H,20,22). The van der Waals surface area contributed by atoms with Crippen LogP contribution in [0, 0.1) is 0 Å². The largest absolute Gasteiger partial charge is 0.486 e. The highest BCUT2D eigenvalue weighted by molar-refractivity contribution is 6.30. The quantitative estimate of drug-likeness (QED) is 0.523. The van der Waals surface area contributed by atoms with Gasteiger partial charge in [-0.1, -0.05) is 11.6 Å². The van der Waals surface area contributed by atoms with Gasteiger partial charge in [0.2, 0.25) is 5.82 Å². The third-order valence-corrected chi connectivity index (χ3v) is 4.12. The Morgan fingerprint density at radius 1 is 1.15 bits per heavy atom. The van der Waals surface area contributed by atoms with Crippen molar-refractivity contribution >= 4 is 28.3 Å². The first-order chi connectivity index (χ1) is 12.8. The fraction of sp³-hybridized carbons (Fsp3) is 0.0588. The predicted molar refractivity (Wildman–Crippen MR) is 93.9 cm³/mol. The molecule has 0 radical (unpaired) electrons. The van der Waals surface area contributed by atoms with Crippen LogP contribution in [-0.2, 0) is 6.61 Å². The van der Waals surface area contributed by atoms with Gasteiger partial charge in [-0.05, 0) is 36.4 Å². The first-order valence-electron chi connectivity index (χ1n) is 7.78. The topological polar surface area (TPSA) is 94.1 Å². The molecule has 0 saturated heterocycles. The van der Waals surface area contributed by atoms with Crippen LogP contribution < -0.4 is 4.74 Å². The molecule has 26 heavy (non-hydrogen) atoms. The number of halogens is 1. The lowest BCUT2D eigenvalue weighted by Gasteiger charge is -2.03. The maximum absolute atomic E-state index is 5.86. The minimum Gasteiger partial charge on any atom is -0.486 e. The third-order valence-electron chi connectivity index (χ3n) is 3.86. The van der Waals surface area contributed by atoms with Crippen LogP contribution in [0.2, 0.25) is 5.02 Å². The van der Waals surface area contributed by atoms with E-state index in [1.165, 1.54) is 0 Å². The number of furan rings is 1. The number of fused-ring (bicyclic) bond motifs is 3. The maximum Gasteiger partial charge on any atom is 0.217 e. The summed E-state index contributed by atoms with van der Waals surface area (Å²) in [5.41, 5.74) is 1.32. The van der Waals surface area contributed by atoms with Gasteiger partial charge in [-0.25, -0.2) is 14.5 Å². The molecule has 1 N–H and O–H groups in total. The lowest BCUT2D eigenvalue weighted by atomic mass is 10.3. The molecule has 0 spiro atoms. The van der Waals surface area contributed by atoms with Gasteiger partial charge in [-0.2, -0.15) is 5.10 Å². The van der Waals surface area contributed by atoms with E-state index >= 15 is 0 Å². The summed E-state index contributed by atoms with van der Waals surface area (Å²) in [7, 11) is 0. The average molecular weight is 367 g/mol. The molecule has 0 unspecified atom stereocenters. The first-order valence-corrected chi connectivity index (χ1v) is 8.16. The molecule has 4 aromatic heterocycles. The highest BCUT2D eigenvalue weighted by Gasteiger charge is 2.14. The van der Waals surface area contributed by atoms with E-state index in [1.807, 2.05) is 12.1 Å². The van der Waals surface area contributed by atoms with E-state index in [9.17, 15) is 0 Å². The molecule has 4 heterocycles. The summed E-state index contributed by atoms with van der Waals surface area (Å²) in [5, 5.41) is 12.7. The summed E-state index contributed by atoms with van der Waals surface area (Å²) in [4.78, 5) is 8.76. The molecule has 5 aromatic rings. The average Bonchev–Trinajstić information content (AvgIpc) is 3.38. The number of hydrogen-bond acceptors (Lipinski definition) is 6. The van der Waals surface area contributed by atoms with Gasteiger partial charge in [0, 0.05) is 5.02 Å². The van der Waals surface area contributed by atoms with Gasteiger partial charge in [0.25, 0.3) is 0 Å². The minimum absolute atomic E-state index is 0.294. The van der Waals surface area contributed by atoms with Gasteiger partial charge >= 0.3 is 0 Å². The highest BCUT2D eigenvalue weighted by Crippen LogP contribution is 2.23. The highest BCUT2D eigenvalue weighted by atomic mass is 35.5. The van der Waals surface area contributed by atoms with E-state index in [2.05, 4.69) is 25.3 Å². The summed E-state index contributed by atoms with van der Waals surface area (Å²) in [6.45, 7) is 0.294. The van der Waals surface area contributed by atoms with Crippen molar-refractivity contribution in [3.05, 3.63) is 59.7 Å². The fourth-order valence-electron chi connectivity index (χ4n) is 2.61. The molecule has 5 rings (SSSR count). The number of nitrogens with zero attached hydrogens (tertiary/aromatic N) is 5. The van der Waals surface area contributed by atoms with E-state index in [0.29, 0.717) is 46.0 Å². The minimum atomic E-state index is 0.294. The van der Waals surface area contributed by atoms with Crippen molar-refractivity contribution in [1.82, 2.24) is 29.8 Å². The molecule has 0 bridgehead atoms. The maximum atomic E-state index is 5.86. The monoisotopic (exact) mass is 366 g/mol. The summed E-state index contributed by atoms with van der Waals surface area (Å²) in [6, 6.07) is 10.8. The summed E-state index contributed by atoms with van der Waals surface area (Å²) in [5.74, 6) is 2.41. The Labute approximate surface area is 151 Å². The van der Waals surface area contributed by atoms with E-state index < -0.39 is 0 Å². The van der Waals surface area contributed by atoms with Gasteiger partial charge in [-0.15, -0.1) is 5.10 Å². The molecule has 0 saturated carbocycles. The van der Waals surface area contributed by atoms with Crippen LogP contribution >= 0.6 is 11.6 Å². The van der Waals surface area contributed by atoms with Crippen molar-refractivity contribution in [2.24, 2.45) is 0 Å². The normalized spacial score (nSPS) is 11.4. The van der Waals surface area contributed by atoms with Crippen LogP contribution in [0.25, 0.3) is 28.3 Å². The van der Waals surface area contributed by atoms with E-state index in [1.54, 1.807) is 41.3 Å². The van der Waals surface area contributed by atoms with E-state index in [4.69, 9.17) is 20.8 Å². The number of aromatic amines is 1. The van der Waals surface area contributed by atoms with Crippen molar-refractivity contribution in [2.75, 3.05) is 0 Å². The SMILES string of the molecule is Clc1ccc(OCc2ccc(-c3nc4c5cn[nH]c5ncn4n3)o2)cc1. The number of rotatable bonds is 4. The Balaban J connectivity index is 1.40. The zero-order valence-electron chi connectivity index (χ0n) is 13.3. The van der Waals surface area contributed by atoms with Crippen LogP contribution in [0.5, 0.6) is 5.75 Å². The smallest absolute Gasteiger partial charge is 0.217 e. The number of aromatic nitrogens is 6. The molecule has 0 atom stereocenters. The number of ether oxygens (including phenoxy) is 1. The molecular formula is C17H11ClN6O2. The van der Waals surface area contributed by atoms with Gasteiger partial charge in [0.05, 0.1) is 11.6 Å². The molecule has 0 fully saturated rings. The molecule has 0 amide bonds. The Morgan fingerprint density at radius 2 is 2.04 bits per heavy atom. The van der Waals surface area contributed by atoms with Crippen LogP contribution in [0.4, 0.5) is 0 Å². The third kappa shape index (κ3) is 2.56. The van der Waals surface area contributed by atoms with E-state index in [0.717, 1.165) is 5.39 Å². The molecule has 8 nitrogen and oxygen atoms in total. The fourth-order valence-corrected chi connectivity index (χ4v) is 2.73. The number of H-pyrrole nitrogens is 1. The second kappa shape index (κ2) is 5.85. The molecular weight excluding hydrogens is 356 g/mol. The molecule has 0 aliphatic carbocycles. The summed E-state index contributed by atoms with van der Waals surface area (Å²) in [6.07, 6.45) is 3.25.